The van der Waals surface area contributed by atoms with Gasteiger partial charge in [0.1, 0.15) is 5.76 Å². The average Bonchev–Trinajstić information content (AvgIpc) is 2.85. The molecular formula is C14H17NO3. The Labute approximate surface area is 106 Å². The molecular weight excluding hydrogens is 230 g/mol. The molecule has 1 aromatic heterocycles. The van der Waals surface area contributed by atoms with E-state index < -0.39 is 0 Å². The van der Waals surface area contributed by atoms with Gasteiger partial charge in [-0.1, -0.05) is 12.1 Å². The number of hydrogen-bond donors (Lipinski definition) is 1. The van der Waals surface area contributed by atoms with Crippen LogP contribution in [0.4, 0.5) is 0 Å². The third kappa shape index (κ3) is 2.09. The molecule has 0 spiro atoms. The molecule has 2 aromatic rings. The van der Waals surface area contributed by atoms with E-state index in [2.05, 4.69) is 11.4 Å². The van der Waals surface area contributed by atoms with E-state index in [-0.39, 0.29) is 6.04 Å². The molecule has 0 amide bonds. The van der Waals surface area contributed by atoms with Gasteiger partial charge < -0.3 is 19.2 Å². The van der Waals surface area contributed by atoms with Crippen molar-refractivity contribution >= 4 is 11.0 Å². The van der Waals surface area contributed by atoms with Gasteiger partial charge in [0.15, 0.2) is 11.3 Å². The van der Waals surface area contributed by atoms with Crippen molar-refractivity contribution in [2.45, 2.75) is 13.0 Å². The molecule has 96 valence electrons. The first-order valence-corrected chi connectivity index (χ1v) is 6.35. The Morgan fingerprint density at radius 1 is 1.44 bits per heavy atom. The van der Waals surface area contributed by atoms with Crippen LogP contribution in [0.1, 0.15) is 18.7 Å². The zero-order chi connectivity index (χ0) is 12.4. The minimum absolute atomic E-state index is 0.139. The molecule has 18 heavy (non-hydrogen) atoms. The first-order valence-electron chi connectivity index (χ1n) is 6.35. The number of rotatable bonds is 3. The summed E-state index contributed by atoms with van der Waals surface area (Å²) in [5.74, 6) is 1.72. The Morgan fingerprint density at radius 3 is 3.17 bits per heavy atom. The van der Waals surface area contributed by atoms with Crippen molar-refractivity contribution in [1.29, 1.82) is 0 Å². The van der Waals surface area contributed by atoms with Crippen molar-refractivity contribution < 1.29 is 13.9 Å². The molecule has 1 aliphatic rings. The predicted octanol–water partition coefficient (Wildman–Crippen LogP) is 2.49. The largest absolute Gasteiger partial charge is 0.490 e. The summed E-state index contributed by atoms with van der Waals surface area (Å²) in [6.07, 6.45) is 0. The van der Waals surface area contributed by atoms with Crippen LogP contribution in [-0.2, 0) is 4.74 Å². The average molecular weight is 247 g/mol. The molecule has 4 nitrogen and oxygen atoms in total. The summed E-state index contributed by atoms with van der Waals surface area (Å²) in [6.45, 7) is 4.89. The molecule has 0 saturated carbocycles. The van der Waals surface area contributed by atoms with Crippen LogP contribution in [0, 0.1) is 0 Å². The number of ether oxygens (including phenoxy) is 2. The van der Waals surface area contributed by atoms with Crippen molar-refractivity contribution in [3.63, 3.8) is 0 Å². The summed E-state index contributed by atoms with van der Waals surface area (Å²) >= 11 is 0. The highest BCUT2D eigenvalue weighted by molar-refractivity contribution is 5.83. The van der Waals surface area contributed by atoms with Crippen LogP contribution < -0.4 is 10.1 Å². The highest BCUT2D eigenvalue weighted by Gasteiger charge is 2.20. The fourth-order valence-corrected chi connectivity index (χ4v) is 2.25. The quantitative estimate of drug-likeness (QED) is 0.905. The zero-order valence-corrected chi connectivity index (χ0v) is 10.4. The maximum atomic E-state index is 5.92. The van der Waals surface area contributed by atoms with Crippen molar-refractivity contribution in [3.8, 4) is 5.75 Å². The maximum Gasteiger partial charge on any atom is 0.176 e. The fraction of sp³-hybridized carbons (Fsp3) is 0.429. The van der Waals surface area contributed by atoms with Crippen LogP contribution in [-0.4, -0.2) is 26.4 Å². The van der Waals surface area contributed by atoms with Gasteiger partial charge in [0.2, 0.25) is 0 Å². The number of para-hydroxylation sites is 1. The smallest absolute Gasteiger partial charge is 0.176 e. The van der Waals surface area contributed by atoms with Gasteiger partial charge in [0.05, 0.1) is 25.9 Å². The Morgan fingerprint density at radius 2 is 2.39 bits per heavy atom. The van der Waals surface area contributed by atoms with Crippen molar-refractivity contribution in [3.05, 3.63) is 30.0 Å². The summed E-state index contributed by atoms with van der Waals surface area (Å²) in [6, 6.07) is 8.15. The summed E-state index contributed by atoms with van der Waals surface area (Å²) in [5, 5.41) is 4.46. The monoisotopic (exact) mass is 247 g/mol. The number of benzene rings is 1. The van der Waals surface area contributed by atoms with Crippen LogP contribution in [0.25, 0.3) is 11.0 Å². The van der Waals surface area contributed by atoms with Crippen molar-refractivity contribution in [1.82, 2.24) is 5.32 Å². The fourth-order valence-electron chi connectivity index (χ4n) is 2.25. The Hall–Kier alpha value is -1.52. The van der Waals surface area contributed by atoms with E-state index in [4.69, 9.17) is 13.9 Å². The molecule has 2 heterocycles. The van der Waals surface area contributed by atoms with Gasteiger partial charge in [-0.05, 0) is 19.1 Å². The first-order chi connectivity index (χ1) is 8.88. The molecule has 1 fully saturated rings. The first kappa shape index (κ1) is 11.6. The van der Waals surface area contributed by atoms with Gasteiger partial charge in [0.25, 0.3) is 0 Å². The zero-order valence-electron chi connectivity index (χ0n) is 10.4. The van der Waals surface area contributed by atoms with Crippen LogP contribution in [0.15, 0.2) is 28.7 Å². The molecule has 1 atom stereocenters. The Balaban J connectivity index is 1.96. The lowest BCUT2D eigenvalue weighted by Crippen LogP contribution is -2.34. The Kier molecular flexibility index (Phi) is 3.21. The summed E-state index contributed by atoms with van der Waals surface area (Å²) in [5.41, 5.74) is 0.821. The van der Waals surface area contributed by atoms with Gasteiger partial charge in [-0.15, -0.1) is 0 Å². The van der Waals surface area contributed by atoms with Gasteiger partial charge >= 0.3 is 0 Å². The minimum Gasteiger partial charge on any atom is -0.490 e. The van der Waals surface area contributed by atoms with E-state index >= 15 is 0 Å². The number of morpholine rings is 1. The summed E-state index contributed by atoms with van der Waals surface area (Å²) < 4.78 is 17.0. The van der Waals surface area contributed by atoms with Gasteiger partial charge in [-0.3, -0.25) is 0 Å². The molecule has 0 aliphatic carbocycles. The molecule has 1 unspecified atom stereocenters. The maximum absolute atomic E-state index is 5.92. The molecule has 1 aliphatic heterocycles. The summed E-state index contributed by atoms with van der Waals surface area (Å²) in [4.78, 5) is 0. The van der Waals surface area contributed by atoms with E-state index in [0.29, 0.717) is 13.2 Å². The second-order valence-corrected chi connectivity index (χ2v) is 4.34. The van der Waals surface area contributed by atoms with Crippen LogP contribution in [0.2, 0.25) is 0 Å². The summed E-state index contributed by atoms with van der Waals surface area (Å²) in [7, 11) is 0. The van der Waals surface area contributed by atoms with E-state index in [1.54, 1.807) is 0 Å². The predicted molar refractivity (Wildman–Crippen MR) is 68.9 cm³/mol. The second kappa shape index (κ2) is 5.00. The van der Waals surface area contributed by atoms with Crippen LogP contribution in [0.3, 0.4) is 0 Å². The highest BCUT2D eigenvalue weighted by atomic mass is 16.5. The van der Waals surface area contributed by atoms with E-state index in [1.807, 2.05) is 25.1 Å². The van der Waals surface area contributed by atoms with E-state index in [9.17, 15) is 0 Å². The lowest BCUT2D eigenvalue weighted by atomic mass is 10.2. The SMILES string of the molecule is CCOc1cccc2cc(C3COCCN3)oc12. The lowest BCUT2D eigenvalue weighted by molar-refractivity contribution is 0.0704. The van der Waals surface area contributed by atoms with E-state index in [1.165, 1.54) is 0 Å². The normalized spacial score (nSPS) is 20.2. The second-order valence-electron chi connectivity index (χ2n) is 4.34. The number of furan rings is 1. The molecule has 1 saturated heterocycles. The third-order valence-corrected chi connectivity index (χ3v) is 3.09. The van der Waals surface area contributed by atoms with Gasteiger partial charge in [-0.25, -0.2) is 0 Å². The van der Waals surface area contributed by atoms with Crippen LogP contribution >= 0.6 is 0 Å². The molecule has 1 aromatic carbocycles. The third-order valence-electron chi connectivity index (χ3n) is 3.09. The van der Waals surface area contributed by atoms with Gasteiger partial charge in [-0.2, -0.15) is 0 Å². The van der Waals surface area contributed by atoms with E-state index in [0.717, 1.165) is 35.6 Å². The topological polar surface area (TPSA) is 43.6 Å². The molecule has 3 rings (SSSR count). The number of nitrogens with one attached hydrogen (secondary N) is 1. The minimum atomic E-state index is 0.139. The van der Waals surface area contributed by atoms with Crippen molar-refractivity contribution in [2.24, 2.45) is 0 Å². The highest BCUT2D eigenvalue weighted by Crippen LogP contribution is 2.31. The molecule has 0 bridgehead atoms. The Bertz CT molecular complexity index is 529. The molecule has 4 heteroatoms. The lowest BCUT2D eigenvalue weighted by Gasteiger charge is -2.21. The molecule has 1 N–H and O–H groups in total. The van der Waals surface area contributed by atoms with Gasteiger partial charge in [0, 0.05) is 11.9 Å². The standard InChI is InChI=1S/C14H17NO3/c1-2-17-12-5-3-4-10-8-13(18-14(10)12)11-9-16-7-6-15-11/h3-5,8,11,15H,2,6-7,9H2,1H3. The molecule has 0 radical (unpaired) electrons. The van der Waals surface area contributed by atoms with Crippen LogP contribution in [0.5, 0.6) is 5.75 Å². The van der Waals surface area contributed by atoms with Crippen molar-refractivity contribution in [2.75, 3.05) is 26.4 Å². The number of hydrogen-bond acceptors (Lipinski definition) is 4. The number of fused-ring (bicyclic) bond motifs is 1.